The predicted octanol–water partition coefficient (Wildman–Crippen LogP) is 4.30. The number of rotatable bonds is 8. The summed E-state index contributed by atoms with van der Waals surface area (Å²) < 4.78 is 79.6. The molecule has 0 unspecified atom stereocenters. The molecule has 2 aliphatic heterocycles. The minimum atomic E-state index is -5.08. The van der Waals surface area contributed by atoms with Gasteiger partial charge in [-0.3, -0.25) is 18.1 Å². The Hall–Kier alpha value is -2.11. The number of aromatic nitrogens is 4. The van der Waals surface area contributed by atoms with Crippen LogP contribution >= 0.6 is 19.4 Å². The SMILES string of the molecule is COP(=O)(OC)OC[C@H]1O[C@@H](n2cnc3c(NC4CCCC4)nc(Cl)nc32)[C@@H]2OC(C)(C)O[C@@H]21.O=C(O)C(F)(F)F. The number of alkyl halides is 3. The van der Waals surface area contributed by atoms with E-state index in [0.717, 1.165) is 12.8 Å². The number of phosphoric ester groups is 1. The maximum absolute atomic E-state index is 12.4. The minimum Gasteiger partial charge on any atom is -0.475 e. The number of aliphatic carboxylic acids is 1. The van der Waals surface area contributed by atoms with Crippen LogP contribution in [0.4, 0.5) is 19.0 Å². The Labute approximate surface area is 237 Å². The topological polar surface area (TPSA) is 165 Å². The van der Waals surface area contributed by atoms with Crippen molar-refractivity contribution in [2.24, 2.45) is 0 Å². The van der Waals surface area contributed by atoms with Crippen molar-refractivity contribution in [3.8, 4) is 0 Å². The molecule has 19 heteroatoms. The van der Waals surface area contributed by atoms with Gasteiger partial charge < -0.3 is 24.6 Å². The number of halogens is 4. The van der Waals surface area contributed by atoms with Crippen molar-refractivity contribution in [2.45, 2.75) is 82.1 Å². The van der Waals surface area contributed by atoms with E-state index in [0.29, 0.717) is 23.0 Å². The quantitative estimate of drug-likeness (QED) is 0.313. The zero-order chi connectivity index (χ0) is 30.2. The van der Waals surface area contributed by atoms with Gasteiger partial charge in [0.2, 0.25) is 5.28 Å². The summed E-state index contributed by atoms with van der Waals surface area (Å²) in [6, 6.07) is 0.331. The van der Waals surface area contributed by atoms with E-state index in [4.69, 9.17) is 49.3 Å². The highest BCUT2D eigenvalue weighted by Gasteiger charge is 2.56. The molecule has 2 saturated heterocycles. The molecular weight excluding hydrogens is 602 g/mol. The Morgan fingerprint density at radius 2 is 1.83 bits per heavy atom. The van der Waals surface area contributed by atoms with Crippen LogP contribution < -0.4 is 5.32 Å². The largest absolute Gasteiger partial charge is 0.490 e. The van der Waals surface area contributed by atoms with E-state index >= 15 is 0 Å². The number of carboxylic acids is 1. The van der Waals surface area contributed by atoms with Gasteiger partial charge in [-0.1, -0.05) is 12.8 Å². The average molecular weight is 632 g/mol. The van der Waals surface area contributed by atoms with E-state index in [1.807, 2.05) is 13.8 Å². The molecule has 0 amide bonds. The highest BCUT2D eigenvalue weighted by molar-refractivity contribution is 7.48. The molecule has 2 aromatic rings. The summed E-state index contributed by atoms with van der Waals surface area (Å²) in [4.78, 5) is 22.3. The Bertz CT molecular complexity index is 1290. The number of hydrogen-bond acceptors (Lipinski definition) is 12. The van der Waals surface area contributed by atoms with Crippen molar-refractivity contribution in [1.82, 2.24) is 19.5 Å². The van der Waals surface area contributed by atoms with Crippen molar-refractivity contribution in [3.05, 3.63) is 11.6 Å². The van der Waals surface area contributed by atoms with Crippen LogP contribution in [0.3, 0.4) is 0 Å². The zero-order valence-corrected chi connectivity index (χ0v) is 24.1. The number of hydrogen-bond donors (Lipinski definition) is 2. The number of carboxylic acid groups (broad SMARTS) is 1. The summed E-state index contributed by atoms with van der Waals surface area (Å²) in [5.41, 5.74) is 1.11. The van der Waals surface area contributed by atoms with Crippen molar-refractivity contribution >= 4 is 42.4 Å². The number of fused-ring (bicyclic) bond motifs is 2. The Kier molecular flexibility index (Phi) is 9.50. The number of phosphoric acid groups is 1. The number of imidazole rings is 1. The summed E-state index contributed by atoms with van der Waals surface area (Å²) in [6.07, 6.45) is -1.17. The van der Waals surface area contributed by atoms with Crippen LogP contribution in [-0.4, -0.2) is 87.7 Å². The smallest absolute Gasteiger partial charge is 0.475 e. The third-order valence-electron chi connectivity index (χ3n) is 6.58. The van der Waals surface area contributed by atoms with Gasteiger partial charge in [0.15, 0.2) is 29.0 Å². The molecule has 0 spiro atoms. The van der Waals surface area contributed by atoms with Crippen molar-refractivity contribution in [3.63, 3.8) is 0 Å². The van der Waals surface area contributed by atoms with Crippen LogP contribution in [0, 0.1) is 0 Å². The molecule has 1 saturated carbocycles. The monoisotopic (exact) mass is 631 g/mol. The van der Waals surface area contributed by atoms with E-state index in [1.54, 1.807) is 10.9 Å². The molecule has 0 aromatic carbocycles. The highest BCUT2D eigenvalue weighted by Crippen LogP contribution is 2.50. The Balaban J connectivity index is 0.000000493. The molecule has 2 N–H and O–H groups in total. The molecular formula is C22H30ClF3N5O9P. The molecule has 3 aliphatic rings. The lowest BCUT2D eigenvalue weighted by molar-refractivity contribution is -0.199. The maximum atomic E-state index is 12.4. The molecule has 1 aliphatic carbocycles. The first kappa shape index (κ1) is 31.8. The maximum Gasteiger partial charge on any atom is 0.490 e. The molecule has 4 atom stereocenters. The second kappa shape index (κ2) is 12.2. The first-order valence-electron chi connectivity index (χ1n) is 12.5. The lowest BCUT2D eigenvalue weighted by Gasteiger charge is -2.25. The average Bonchev–Trinajstić information content (AvgIpc) is 3.67. The van der Waals surface area contributed by atoms with Crippen molar-refractivity contribution in [1.29, 1.82) is 0 Å². The zero-order valence-electron chi connectivity index (χ0n) is 22.5. The van der Waals surface area contributed by atoms with Crippen LogP contribution in [0.1, 0.15) is 45.8 Å². The summed E-state index contributed by atoms with van der Waals surface area (Å²) in [5, 5.41) is 10.7. The first-order valence-corrected chi connectivity index (χ1v) is 14.3. The molecule has 0 bridgehead atoms. The van der Waals surface area contributed by atoms with E-state index in [-0.39, 0.29) is 11.9 Å². The van der Waals surface area contributed by atoms with Gasteiger partial charge in [0.25, 0.3) is 0 Å². The fourth-order valence-electron chi connectivity index (χ4n) is 4.80. The predicted molar refractivity (Wildman–Crippen MR) is 135 cm³/mol. The molecule has 3 fully saturated rings. The minimum absolute atomic E-state index is 0.0904. The van der Waals surface area contributed by atoms with Crippen LogP contribution in [0.2, 0.25) is 5.28 Å². The number of ether oxygens (including phenoxy) is 3. The van der Waals surface area contributed by atoms with Gasteiger partial charge in [0, 0.05) is 20.3 Å². The second-order valence-electron chi connectivity index (χ2n) is 9.83. The van der Waals surface area contributed by atoms with Gasteiger partial charge in [-0.15, -0.1) is 0 Å². The lowest BCUT2D eigenvalue weighted by atomic mass is 10.1. The molecule has 41 heavy (non-hydrogen) atoms. The molecule has 5 rings (SSSR count). The standard InChI is InChI=1S/C20H29ClN5O7P.C2HF3O2/c1-20(2)32-14-12(9-30-34(27,28-3)29-4)31-18(15(14)33-20)26-10-22-13-16(23-11-7-5-6-8-11)24-19(21)25-17(13)26;3-2(4,5)1(6)7/h10-12,14-15,18H,5-9H2,1-4H3,(H,23,24,25);(H,6,7)/t12-,14-,15-,18-;/m1./s1. The molecule has 0 radical (unpaired) electrons. The summed E-state index contributed by atoms with van der Waals surface area (Å²) >= 11 is 6.28. The van der Waals surface area contributed by atoms with Crippen LogP contribution in [0.15, 0.2) is 6.33 Å². The highest BCUT2D eigenvalue weighted by atomic mass is 35.5. The van der Waals surface area contributed by atoms with Gasteiger partial charge in [-0.2, -0.15) is 23.1 Å². The van der Waals surface area contributed by atoms with Gasteiger partial charge in [-0.05, 0) is 38.3 Å². The lowest BCUT2D eigenvalue weighted by Crippen LogP contribution is -2.32. The number of anilines is 1. The number of nitrogens with one attached hydrogen (secondary N) is 1. The normalized spacial score (nSPS) is 26.1. The fraction of sp³-hybridized carbons (Fsp3) is 0.727. The molecule has 4 heterocycles. The van der Waals surface area contributed by atoms with Gasteiger partial charge in [0.05, 0.1) is 12.9 Å². The van der Waals surface area contributed by atoms with Crippen LogP contribution in [-0.2, 0) is 37.1 Å². The molecule has 2 aromatic heterocycles. The Morgan fingerprint density at radius 1 is 1.22 bits per heavy atom. The van der Waals surface area contributed by atoms with Crippen molar-refractivity contribution < 1.29 is 55.4 Å². The third kappa shape index (κ3) is 7.28. The molecule has 230 valence electrons. The number of carbonyl (C=O) groups is 1. The van der Waals surface area contributed by atoms with Gasteiger partial charge in [-0.25, -0.2) is 14.3 Å². The number of nitrogens with zero attached hydrogens (tertiary/aromatic N) is 4. The van der Waals surface area contributed by atoms with E-state index in [1.165, 1.54) is 27.1 Å². The van der Waals surface area contributed by atoms with E-state index in [9.17, 15) is 17.7 Å². The van der Waals surface area contributed by atoms with Crippen LogP contribution in [0.25, 0.3) is 11.2 Å². The summed E-state index contributed by atoms with van der Waals surface area (Å²) in [7, 11) is -1.19. The summed E-state index contributed by atoms with van der Waals surface area (Å²) in [5.74, 6) is -3.01. The van der Waals surface area contributed by atoms with Crippen molar-refractivity contribution in [2.75, 3.05) is 26.1 Å². The fourth-order valence-corrected chi connectivity index (χ4v) is 5.66. The van der Waals surface area contributed by atoms with Crippen LogP contribution in [0.5, 0.6) is 0 Å². The second-order valence-corrected chi connectivity index (χ2v) is 12.1. The van der Waals surface area contributed by atoms with E-state index in [2.05, 4.69) is 20.3 Å². The van der Waals surface area contributed by atoms with Gasteiger partial charge >= 0.3 is 20.0 Å². The molecule has 14 nitrogen and oxygen atoms in total. The Morgan fingerprint density at radius 3 is 2.41 bits per heavy atom. The van der Waals surface area contributed by atoms with E-state index < -0.39 is 50.3 Å². The van der Waals surface area contributed by atoms with Gasteiger partial charge in [0.1, 0.15) is 18.3 Å². The summed E-state index contributed by atoms with van der Waals surface area (Å²) in [6.45, 7) is 3.56. The third-order valence-corrected chi connectivity index (χ3v) is 8.10. The first-order chi connectivity index (χ1) is 19.2.